The van der Waals surface area contributed by atoms with Crippen LogP contribution in [0.3, 0.4) is 0 Å². The third kappa shape index (κ3) is 1.75. The second-order valence-corrected chi connectivity index (χ2v) is 4.29. The van der Waals surface area contributed by atoms with Gasteiger partial charge in [0.25, 0.3) is 0 Å². The van der Waals surface area contributed by atoms with Crippen molar-refractivity contribution in [2.45, 2.75) is 45.4 Å². The molecule has 0 N–H and O–H groups in total. The fraction of sp³-hybridized carbons (Fsp3) is 1.00. The van der Waals surface area contributed by atoms with Crippen LogP contribution in [0.5, 0.6) is 0 Å². The highest BCUT2D eigenvalue weighted by atomic mass is 79.9. The van der Waals surface area contributed by atoms with E-state index >= 15 is 0 Å². The van der Waals surface area contributed by atoms with E-state index < -0.39 is 0 Å². The second-order valence-electron chi connectivity index (χ2n) is 3.50. The Kier molecular flexibility index (Phi) is 3.22. The molecule has 0 unspecified atom stereocenters. The largest absolute Gasteiger partial charge is 0.0928 e. The molecular formula is C9H17Br. The summed E-state index contributed by atoms with van der Waals surface area (Å²) in [6, 6.07) is 0. The highest BCUT2D eigenvalue weighted by Gasteiger charge is 2.30. The van der Waals surface area contributed by atoms with Crippen molar-refractivity contribution >= 4 is 15.9 Å². The summed E-state index contributed by atoms with van der Waals surface area (Å²) in [6.45, 7) is 2.34. The van der Waals surface area contributed by atoms with Crippen LogP contribution in [0.4, 0.5) is 0 Å². The van der Waals surface area contributed by atoms with Crippen molar-refractivity contribution in [1.82, 2.24) is 0 Å². The molecule has 0 aromatic rings. The Morgan fingerprint density at radius 2 is 1.90 bits per heavy atom. The minimum absolute atomic E-state index is 0.740. The second kappa shape index (κ2) is 3.75. The van der Waals surface area contributed by atoms with Gasteiger partial charge in [0.2, 0.25) is 0 Å². The first-order chi connectivity index (χ1) is 4.83. The molecule has 0 heterocycles. The number of hydrogen-bond acceptors (Lipinski definition) is 0. The predicted molar refractivity (Wildman–Crippen MR) is 49.6 cm³/mol. The smallest absolute Gasteiger partial charge is 0.00365 e. The maximum Gasteiger partial charge on any atom is 0.00365 e. The average Bonchev–Trinajstić information content (AvgIpc) is 2.39. The lowest BCUT2D eigenvalue weighted by Crippen LogP contribution is -2.14. The fourth-order valence-electron chi connectivity index (χ4n) is 2.11. The monoisotopic (exact) mass is 204 g/mol. The molecule has 0 atom stereocenters. The molecule has 0 aliphatic heterocycles. The van der Waals surface area contributed by atoms with Gasteiger partial charge in [0.1, 0.15) is 0 Å². The number of rotatable bonds is 3. The van der Waals surface area contributed by atoms with Crippen molar-refractivity contribution in [3.63, 3.8) is 0 Å². The molecule has 0 nitrogen and oxygen atoms in total. The van der Waals surface area contributed by atoms with Gasteiger partial charge in [0, 0.05) is 5.33 Å². The van der Waals surface area contributed by atoms with Crippen LogP contribution in [0.15, 0.2) is 0 Å². The van der Waals surface area contributed by atoms with Crippen molar-refractivity contribution in [3.8, 4) is 0 Å². The number of halogens is 1. The van der Waals surface area contributed by atoms with E-state index in [4.69, 9.17) is 0 Å². The van der Waals surface area contributed by atoms with Gasteiger partial charge in [0.05, 0.1) is 0 Å². The zero-order chi connectivity index (χ0) is 7.45. The average molecular weight is 205 g/mol. The molecule has 1 saturated carbocycles. The first kappa shape index (κ1) is 8.58. The molecule has 1 aliphatic carbocycles. The van der Waals surface area contributed by atoms with Gasteiger partial charge >= 0.3 is 0 Å². The Hall–Kier alpha value is 0.480. The van der Waals surface area contributed by atoms with Gasteiger partial charge in [-0.1, -0.05) is 42.1 Å². The Morgan fingerprint density at radius 1 is 1.30 bits per heavy atom. The molecular weight excluding hydrogens is 188 g/mol. The van der Waals surface area contributed by atoms with Crippen molar-refractivity contribution in [2.24, 2.45) is 5.41 Å². The van der Waals surface area contributed by atoms with Crippen LogP contribution in [-0.2, 0) is 0 Å². The molecule has 10 heavy (non-hydrogen) atoms. The Morgan fingerprint density at radius 3 is 2.30 bits per heavy atom. The van der Waals surface area contributed by atoms with Crippen LogP contribution >= 0.6 is 15.9 Å². The molecule has 1 heteroatoms. The van der Waals surface area contributed by atoms with Crippen LogP contribution in [0.25, 0.3) is 0 Å². The van der Waals surface area contributed by atoms with Gasteiger partial charge in [-0.2, -0.15) is 0 Å². The molecule has 1 fully saturated rings. The summed E-state index contributed by atoms with van der Waals surface area (Å²) in [7, 11) is 0. The summed E-state index contributed by atoms with van der Waals surface area (Å²) < 4.78 is 0. The Balaban J connectivity index is 2.41. The van der Waals surface area contributed by atoms with Crippen LogP contribution in [-0.4, -0.2) is 5.33 Å². The SMILES string of the molecule is CCC1(CCBr)CCCC1. The summed E-state index contributed by atoms with van der Waals surface area (Å²) in [5, 5.41) is 1.20. The van der Waals surface area contributed by atoms with E-state index in [-0.39, 0.29) is 0 Å². The highest BCUT2D eigenvalue weighted by Crippen LogP contribution is 2.43. The lowest BCUT2D eigenvalue weighted by atomic mass is 9.81. The summed E-state index contributed by atoms with van der Waals surface area (Å²) in [5.74, 6) is 0. The molecule has 0 aromatic heterocycles. The van der Waals surface area contributed by atoms with E-state index in [1.54, 1.807) is 0 Å². The summed E-state index contributed by atoms with van der Waals surface area (Å²) in [5.41, 5.74) is 0.740. The number of alkyl halides is 1. The predicted octanol–water partition coefficient (Wildman–Crippen LogP) is 3.74. The Labute approximate surface area is 72.5 Å². The first-order valence-corrected chi connectivity index (χ1v) is 5.51. The third-order valence-electron chi connectivity index (χ3n) is 3.04. The molecule has 0 radical (unpaired) electrons. The van der Waals surface area contributed by atoms with Crippen molar-refractivity contribution < 1.29 is 0 Å². The maximum atomic E-state index is 3.54. The maximum absolute atomic E-state index is 3.54. The summed E-state index contributed by atoms with van der Waals surface area (Å²) in [6.07, 6.45) is 8.69. The minimum atomic E-state index is 0.740. The van der Waals surface area contributed by atoms with Gasteiger partial charge in [-0.25, -0.2) is 0 Å². The zero-order valence-electron chi connectivity index (χ0n) is 6.83. The molecule has 1 rings (SSSR count). The fourth-order valence-corrected chi connectivity index (χ4v) is 2.95. The van der Waals surface area contributed by atoms with E-state index in [9.17, 15) is 0 Å². The van der Waals surface area contributed by atoms with E-state index in [0.717, 1.165) is 5.41 Å². The van der Waals surface area contributed by atoms with Crippen molar-refractivity contribution in [2.75, 3.05) is 5.33 Å². The van der Waals surface area contributed by atoms with Gasteiger partial charge in [-0.15, -0.1) is 0 Å². The molecule has 0 spiro atoms. The van der Waals surface area contributed by atoms with Crippen molar-refractivity contribution in [3.05, 3.63) is 0 Å². The van der Waals surface area contributed by atoms with E-state index in [1.807, 2.05) is 0 Å². The first-order valence-electron chi connectivity index (χ1n) is 4.39. The topological polar surface area (TPSA) is 0 Å². The number of hydrogen-bond donors (Lipinski definition) is 0. The quantitative estimate of drug-likeness (QED) is 0.615. The molecule has 0 saturated heterocycles. The van der Waals surface area contributed by atoms with Gasteiger partial charge in [-0.05, 0) is 24.7 Å². The van der Waals surface area contributed by atoms with E-state index in [0.29, 0.717) is 0 Å². The van der Waals surface area contributed by atoms with Crippen molar-refractivity contribution in [1.29, 1.82) is 0 Å². The van der Waals surface area contributed by atoms with Gasteiger partial charge < -0.3 is 0 Å². The lowest BCUT2D eigenvalue weighted by Gasteiger charge is -2.26. The Bertz CT molecular complexity index is 92.9. The minimum Gasteiger partial charge on any atom is -0.0928 e. The molecule has 1 aliphatic rings. The van der Waals surface area contributed by atoms with Gasteiger partial charge in [-0.3, -0.25) is 0 Å². The standard InChI is InChI=1S/C9H17Br/c1-2-9(7-8-10)5-3-4-6-9/h2-8H2,1H3. The van der Waals surface area contributed by atoms with Crippen LogP contribution in [0.2, 0.25) is 0 Å². The normalized spacial score (nSPS) is 23.4. The van der Waals surface area contributed by atoms with E-state index in [1.165, 1.54) is 43.9 Å². The highest BCUT2D eigenvalue weighted by molar-refractivity contribution is 9.09. The molecule has 0 bridgehead atoms. The molecule has 0 aromatic carbocycles. The van der Waals surface area contributed by atoms with Crippen LogP contribution < -0.4 is 0 Å². The summed E-state index contributed by atoms with van der Waals surface area (Å²) >= 11 is 3.54. The van der Waals surface area contributed by atoms with Crippen LogP contribution in [0, 0.1) is 5.41 Å². The van der Waals surface area contributed by atoms with Crippen LogP contribution in [0.1, 0.15) is 45.4 Å². The summed E-state index contributed by atoms with van der Waals surface area (Å²) in [4.78, 5) is 0. The zero-order valence-corrected chi connectivity index (χ0v) is 8.41. The van der Waals surface area contributed by atoms with Gasteiger partial charge in [0.15, 0.2) is 0 Å². The lowest BCUT2D eigenvalue weighted by molar-refractivity contribution is 0.276. The van der Waals surface area contributed by atoms with E-state index in [2.05, 4.69) is 22.9 Å². The third-order valence-corrected chi connectivity index (χ3v) is 3.44. The molecule has 60 valence electrons. The molecule has 0 amide bonds.